The molecule has 54 heavy (non-hydrogen) atoms. The van der Waals surface area contributed by atoms with Gasteiger partial charge in [-0.3, -0.25) is 0 Å². The fourth-order valence-electron chi connectivity index (χ4n) is 7.36. The van der Waals surface area contributed by atoms with Gasteiger partial charge in [0.15, 0.2) is 23.1 Å². The van der Waals surface area contributed by atoms with E-state index in [1.807, 2.05) is 60.7 Å². The van der Waals surface area contributed by atoms with Gasteiger partial charge in [0.25, 0.3) is 0 Å². The smallest absolute Gasteiger partial charge is 0.164 e. The summed E-state index contributed by atoms with van der Waals surface area (Å²) in [6, 6.07) is 56.8. The van der Waals surface area contributed by atoms with E-state index in [9.17, 15) is 1.37 Å². The minimum absolute atomic E-state index is 0.224. The molecule has 0 aliphatic heterocycles. The molecule has 254 valence electrons. The monoisotopic (exact) mass is 713 g/mol. The molecule has 5 heteroatoms. The fraction of sp³-hybridized carbons (Fsp3) is 0. The molecule has 0 fully saturated rings. The van der Waals surface area contributed by atoms with E-state index in [1.54, 1.807) is 24.3 Å². The number of hydrogen-bond acceptors (Lipinski definition) is 4. The van der Waals surface area contributed by atoms with Crippen molar-refractivity contribution in [2.24, 2.45) is 0 Å². The molecule has 10 rings (SSSR count). The van der Waals surface area contributed by atoms with Gasteiger partial charge in [-0.25, -0.2) is 15.0 Å². The number of fused-ring (bicyclic) bond motifs is 4. The van der Waals surface area contributed by atoms with E-state index in [0.29, 0.717) is 56.0 Å². The molecule has 0 saturated heterocycles. The van der Waals surface area contributed by atoms with Crippen LogP contribution in [0.2, 0.25) is 5.02 Å². The molecule has 4 nitrogen and oxygen atoms in total. The van der Waals surface area contributed by atoms with Crippen molar-refractivity contribution in [3.05, 3.63) is 187 Å². The van der Waals surface area contributed by atoms with Crippen LogP contribution in [0.4, 0.5) is 0 Å². The molecule has 10 aromatic rings. The van der Waals surface area contributed by atoms with Crippen LogP contribution in [0, 0.1) is 0 Å². The summed E-state index contributed by atoms with van der Waals surface area (Å²) in [6.07, 6.45) is 0. The lowest BCUT2D eigenvalue weighted by atomic mass is 9.90. The second-order valence-corrected chi connectivity index (χ2v) is 13.5. The lowest BCUT2D eigenvalue weighted by Crippen LogP contribution is -2.01. The molecule has 0 aliphatic carbocycles. The zero-order chi connectivity index (χ0) is 37.8. The summed E-state index contributed by atoms with van der Waals surface area (Å²) in [7, 11) is 0. The third-order valence-corrected chi connectivity index (χ3v) is 10.2. The standard InChI is InChI=1S/C49H30ClN3O/c50-43-29-28-39(45-41-23-11-12-25-44(41)54-46(43)45)37-21-9-10-22-40(37)49-52-47(33-17-5-2-6-18-33)51-48(53-49)34-26-27-38(42(30-34)32-14-3-1-4-15-32)36-24-13-19-31-16-7-8-20-35(31)36/h1-30H/i11D,28D. The van der Waals surface area contributed by atoms with E-state index in [2.05, 4.69) is 84.9 Å². The van der Waals surface area contributed by atoms with Crippen LogP contribution >= 0.6 is 11.6 Å². The molecule has 0 N–H and O–H groups in total. The number of nitrogens with zero attached hydrogens (tertiary/aromatic N) is 3. The molecule has 2 aromatic heterocycles. The van der Waals surface area contributed by atoms with Gasteiger partial charge in [0.05, 0.1) is 7.76 Å². The lowest BCUT2D eigenvalue weighted by molar-refractivity contribution is 0.669. The Labute approximate surface area is 319 Å². The fourth-order valence-corrected chi connectivity index (χ4v) is 7.55. The first-order valence-electron chi connectivity index (χ1n) is 18.7. The predicted molar refractivity (Wildman–Crippen MR) is 222 cm³/mol. The van der Waals surface area contributed by atoms with Crippen LogP contribution in [0.25, 0.3) is 100 Å². The third kappa shape index (κ3) is 5.52. The molecule has 8 aromatic carbocycles. The summed E-state index contributed by atoms with van der Waals surface area (Å²) in [6.45, 7) is 0. The number of para-hydroxylation sites is 1. The molecular formula is C49H30ClN3O. The minimum Gasteiger partial charge on any atom is -0.454 e. The van der Waals surface area contributed by atoms with Gasteiger partial charge in [0.2, 0.25) is 0 Å². The van der Waals surface area contributed by atoms with Crippen molar-refractivity contribution >= 4 is 44.3 Å². The average Bonchev–Trinajstić information content (AvgIpc) is 3.63. The largest absolute Gasteiger partial charge is 0.454 e. The molecule has 0 unspecified atom stereocenters. The molecule has 0 saturated carbocycles. The summed E-state index contributed by atoms with van der Waals surface area (Å²) in [5.74, 6) is 1.50. The Morgan fingerprint density at radius 2 is 1.09 bits per heavy atom. The van der Waals surface area contributed by atoms with Gasteiger partial charge >= 0.3 is 0 Å². The van der Waals surface area contributed by atoms with Crippen molar-refractivity contribution in [1.82, 2.24) is 15.0 Å². The van der Waals surface area contributed by atoms with E-state index in [-0.39, 0.29) is 6.04 Å². The van der Waals surface area contributed by atoms with Crippen molar-refractivity contribution in [2.45, 2.75) is 0 Å². The van der Waals surface area contributed by atoms with Crippen LogP contribution in [0.1, 0.15) is 2.74 Å². The Hall–Kier alpha value is -6.88. The summed E-state index contributed by atoms with van der Waals surface area (Å²) in [5, 5.41) is 4.09. The molecular weight excluding hydrogens is 682 g/mol. The Kier molecular flexibility index (Phi) is 7.29. The SMILES string of the molecule is [2H]c1ccc2oc3c(Cl)cc([2H])c(-c4ccccc4-c4nc(-c5ccccc5)nc(-c5ccc(-c6cccc7ccccc67)c(-c6ccccc6)c5)n4)c3c2c1. The number of aromatic nitrogens is 3. The van der Waals surface area contributed by atoms with Crippen molar-refractivity contribution in [1.29, 1.82) is 0 Å². The summed E-state index contributed by atoms with van der Waals surface area (Å²) < 4.78 is 23.8. The Morgan fingerprint density at radius 1 is 0.444 bits per heavy atom. The zero-order valence-electron chi connectivity index (χ0n) is 30.8. The van der Waals surface area contributed by atoms with E-state index in [1.165, 1.54) is 10.8 Å². The second-order valence-electron chi connectivity index (χ2n) is 13.1. The minimum atomic E-state index is 0.224. The third-order valence-electron chi connectivity index (χ3n) is 9.89. The lowest BCUT2D eigenvalue weighted by Gasteiger charge is -2.16. The maximum absolute atomic E-state index is 9.23. The number of benzene rings is 8. The van der Waals surface area contributed by atoms with Crippen molar-refractivity contribution in [3.63, 3.8) is 0 Å². The predicted octanol–water partition coefficient (Wildman–Crippen LogP) is 13.6. The highest BCUT2D eigenvalue weighted by molar-refractivity contribution is 6.36. The van der Waals surface area contributed by atoms with Crippen molar-refractivity contribution in [3.8, 4) is 67.5 Å². The molecule has 0 bridgehead atoms. The molecule has 0 atom stereocenters. The van der Waals surface area contributed by atoms with Crippen LogP contribution in [0.3, 0.4) is 0 Å². The number of furan rings is 1. The quantitative estimate of drug-likeness (QED) is 0.172. The van der Waals surface area contributed by atoms with Crippen LogP contribution in [0.5, 0.6) is 0 Å². The van der Waals surface area contributed by atoms with Gasteiger partial charge in [-0.05, 0) is 62.4 Å². The van der Waals surface area contributed by atoms with Gasteiger partial charge in [-0.2, -0.15) is 0 Å². The van der Waals surface area contributed by atoms with Crippen LogP contribution in [-0.4, -0.2) is 15.0 Å². The highest BCUT2D eigenvalue weighted by Crippen LogP contribution is 2.43. The zero-order valence-corrected chi connectivity index (χ0v) is 29.5. The highest BCUT2D eigenvalue weighted by Gasteiger charge is 2.21. The number of halogens is 1. The molecule has 0 spiro atoms. The summed E-state index contributed by atoms with van der Waals surface area (Å²) >= 11 is 6.71. The van der Waals surface area contributed by atoms with Crippen LogP contribution in [0.15, 0.2) is 186 Å². The normalized spacial score (nSPS) is 11.9. The maximum atomic E-state index is 9.23. The second kappa shape index (κ2) is 13.3. The van der Waals surface area contributed by atoms with Crippen molar-refractivity contribution < 1.29 is 7.16 Å². The van der Waals surface area contributed by atoms with Gasteiger partial charge in [-0.1, -0.05) is 175 Å². The summed E-state index contributed by atoms with van der Waals surface area (Å²) in [5.41, 5.74) is 9.23. The van der Waals surface area contributed by atoms with Crippen LogP contribution in [-0.2, 0) is 0 Å². The topological polar surface area (TPSA) is 51.8 Å². The first kappa shape index (κ1) is 29.7. The first-order valence-corrected chi connectivity index (χ1v) is 18.1. The average molecular weight is 714 g/mol. The number of rotatable bonds is 6. The maximum Gasteiger partial charge on any atom is 0.164 e. The van der Waals surface area contributed by atoms with Crippen molar-refractivity contribution in [2.75, 3.05) is 0 Å². The van der Waals surface area contributed by atoms with E-state index >= 15 is 0 Å². The highest BCUT2D eigenvalue weighted by atomic mass is 35.5. The number of hydrogen-bond donors (Lipinski definition) is 0. The molecule has 2 heterocycles. The Morgan fingerprint density at radius 3 is 1.93 bits per heavy atom. The molecule has 0 radical (unpaired) electrons. The van der Waals surface area contributed by atoms with Crippen LogP contribution < -0.4 is 0 Å². The van der Waals surface area contributed by atoms with Gasteiger partial charge < -0.3 is 4.42 Å². The van der Waals surface area contributed by atoms with E-state index in [0.717, 1.165) is 44.5 Å². The Balaban J connectivity index is 1.21. The molecule has 0 aliphatic rings. The van der Waals surface area contributed by atoms with E-state index in [4.69, 9.17) is 32.3 Å². The van der Waals surface area contributed by atoms with Gasteiger partial charge in [-0.15, -0.1) is 0 Å². The van der Waals surface area contributed by atoms with E-state index < -0.39 is 0 Å². The molecule has 0 amide bonds. The summed E-state index contributed by atoms with van der Waals surface area (Å²) in [4.78, 5) is 15.4. The van der Waals surface area contributed by atoms with Gasteiger partial charge in [0, 0.05) is 27.5 Å². The van der Waals surface area contributed by atoms with Gasteiger partial charge in [0.1, 0.15) is 5.58 Å². The Bertz CT molecular complexity index is 3120. The first-order chi connectivity index (χ1) is 27.5.